The number of ether oxygens (including phenoxy) is 1. The lowest BCUT2D eigenvalue weighted by Crippen LogP contribution is -2.10. The van der Waals surface area contributed by atoms with Gasteiger partial charge in [-0.1, -0.05) is 6.92 Å². The van der Waals surface area contributed by atoms with E-state index >= 15 is 0 Å². The highest BCUT2D eigenvalue weighted by Crippen LogP contribution is 2.23. The number of aromatic nitrogens is 3. The third-order valence-electron chi connectivity index (χ3n) is 3.22. The average molecular weight is 306 g/mol. The second kappa shape index (κ2) is 7.36. The Hall–Kier alpha value is -1.69. The summed E-state index contributed by atoms with van der Waals surface area (Å²) in [4.78, 5) is 14.5. The van der Waals surface area contributed by atoms with Gasteiger partial charge in [0.05, 0.1) is 23.4 Å². The maximum absolute atomic E-state index is 5.88. The fraction of sp³-hybridized carbons (Fsp3) is 0.533. The summed E-state index contributed by atoms with van der Waals surface area (Å²) in [6.45, 7) is 9.56. The molecule has 0 aliphatic heterocycles. The first-order valence-electron chi connectivity index (χ1n) is 7.28. The van der Waals surface area contributed by atoms with Crippen LogP contribution in [-0.4, -0.2) is 28.1 Å². The van der Waals surface area contributed by atoms with Crippen LogP contribution in [-0.2, 0) is 12.8 Å². The van der Waals surface area contributed by atoms with Gasteiger partial charge in [-0.2, -0.15) is 4.98 Å². The van der Waals surface area contributed by atoms with Crippen molar-refractivity contribution in [1.82, 2.24) is 15.0 Å². The molecule has 1 N–H and O–H groups in total. The van der Waals surface area contributed by atoms with Crippen molar-refractivity contribution in [1.29, 1.82) is 0 Å². The van der Waals surface area contributed by atoms with Gasteiger partial charge < -0.3 is 10.1 Å². The van der Waals surface area contributed by atoms with Crippen molar-refractivity contribution in [3.05, 3.63) is 27.5 Å². The lowest BCUT2D eigenvalue weighted by atomic mass is 10.3. The first-order chi connectivity index (χ1) is 10.2. The van der Waals surface area contributed by atoms with Crippen LogP contribution < -0.4 is 10.1 Å². The molecule has 0 aliphatic rings. The summed E-state index contributed by atoms with van der Waals surface area (Å²) in [6, 6.07) is 0. The molecule has 2 aromatic rings. The Labute approximate surface area is 129 Å². The molecule has 0 atom stereocenters. The zero-order valence-corrected chi connectivity index (χ0v) is 13.9. The summed E-state index contributed by atoms with van der Waals surface area (Å²) in [5.41, 5.74) is 3.93. The molecule has 0 spiro atoms. The molecule has 0 fully saturated rings. The zero-order chi connectivity index (χ0) is 15.2. The van der Waals surface area contributed by atoms with Crippen molar-refractivity contribution in [2.24, 2.45) is 0 Å². The number of rotatable bonds is 7. The van der Waals surface area contributed by atoms with Crippen LogP contribution in [0.3, 0.4) is 0 Å². The van der Waals surface area contributed by atoms with E-state index in [1.54, 1.807) is 11.3 Å². The van der Waals surface area contributed by atoms with Crippen molar-refractivity contribution in [3.8, 4) is 5.88 Å². The van der Waals surface area contributed by atoms with Gasteiger partial charge in [0.1, 0.15) is 11.6 Å². The standard InChI is InChI=1S/C15H22N4OS/c1-5-13-18-14(16-6-2)10(3)15(19-13)20-8-7-12-11(4)17-9-21-12/h9H,5-8H2,1-4H3,(H,16,18,19). The molecule has 21 heavy (non-hydrogen) atoms. The van der Waals surface area contributed by atoms with E-state index in [1.165, 1.54) is 4.88 Å². The van der Waals surface area contributed by atoms with Gasteiger partial charge in [0.15, 0.2) is 0 Å². The van der Waals surface area contributed by atoms with Crippen LogP contribution in [0.4, 0.5) is 5.82 Å². The maximum atomic E-state index is 5.88. The Kier molecular flexibility index (Phi) is 5.50. The SMILES string of the molecule is CCNc1nc(CC)nc(OCCc2scnc2C)c1C. The molecule has 2 heterocycles. The third-order valence-corrected chi connectivity index (χ3v) is 4.22. The second-order valence-electron chi connectivity index (χ2n) is 4.76. The molecule has 0 radical (unpaired) electrons. The second-order valence-corrected chi connectivity index (χ2v) is 5.70. The van der Waals surface area contributed by atoms with Crippen molar-refractivity contribution in [3.63, 3.8) is 0 Å². The number of nitrogens with zero attached hydrogens (tertiary/aromatic N) is 3. The van der Waals surface area contributed by atoms with E-state index in [1.807, 2.05) is 26.3 Å². The zero-order valence-electron chi connectivity index (χ0n) is 13.1. The molecule has 114 valence electrons. The Bertz CT molecular complexity index is 597. The summed E-state index contributed by atoms with van der Waals surface area (Å²) in [7, 11) is 0. The molecular weight excluding hydrogens is 284 g/mol. The summed E-state index contributed by atoms with van der Waals surface area (Å²) >= 11 is 1.67. The van der Waals surface area contributed by atoms with E-state index < -0.39 is 0 Å². The van der Waals surface area contributed by atoms with Gasteiger partial charge in [0.2, 0.25) is 5.88 Å². The fourth-order valence-electron chi connectivity index (χ4n) is 1.98. The van der Waals surface area contributed by atoms with Crippen LogP contribution in [0, 0.1) is 13.8 Å². The van der Waals surface area contributed by atoms with Crippen molar-refractivity contribution < 1.29 is 4.74 Å². The minimum atomic E-state index is 0.607. The van der Waals surface area contributed by atoms with Crippen LogP contribution in [0.1, 0.15) is 35.8 Å². The number of hydrogen-bond donors (Lipinski definition) is 1. The van der Waals surface area contributed by atoms with E-state index in [9.17, 15) is 0 Å². The fourth-order valence-corrected chi connectivity index (χ4v) is 2.75. The highest BCUT2D eigenvalue weighted by Gasteiger charge is 2.11. The van der Waals surface area contributed by atoms with Crippen LogP contribution in [0.2, 0.25) is 0 Å². The summed E-state index contributed by atoms with van der Waals surface area (Å²) in [5.74, 6) is 2.36. The molecule has 2 rings (SSSR count). The molecule has 0 saturated heterocycles. The van der Waals surface area contributed by atoms with Gasteiger partial charge in [-0.25, -0.2) is 9.97 Å². The van der Waals surface area contributed by atoms with Crippen molar-refractivity contribution in [2.45, 2.75) is 40.5 Å². The molecule has 0 unspecified atom stereocenters. The molecule has 0 aliphatic carbocycles. The largest absolute Gasteiger partial charge is 0.477 e. The molecule has 0 aromatic carbocycles. The summed E-state index contributed by atoms with van der Waals surface area (Å²) in [5, 5.41) is 3.26. The Balaban J connectivity index is 2.08. The van der Waals surface area contributed by atoms with Gasteiger partial charge in [-0.05, 0) is 20.8 Å². The predicted molar refractivity (Wildman–Crippen MR) is 86.4 cm³/mol. The van der Waals surface area contributed by atoms with E-state index in [2.05, 4.69) is 27.2 Å². The average Bonchev–Trinajstić information content (AvgIpc) is 2.88. The third kappa shape index (κ3) is 3.91. The topological polar surface area (TPSA) is 59.9 Å². The minimum absolute atomic E-state index is 0.607. The van der Waals surface area contributed by atoms with Crippen LogP contribution in [0.5, 0.6) is 5.88 Å². The molecule has 0 bridgehead atoms. The number of aryl methyl sites for hydroxylation is 2. The maximum Gasteiger partial charge on any atom is 0.221 e. The molecule has 5 nitrogen and oxygen atoms in total. The van der Waals surface area contributed by atoms with Crippen molar-refractivity contribution in [2.75, 3.05) is 18.5 Å². The molecule has 6 heteroatoms. The number of anilines is 1. The van der Waals surface area contributed by atoms with Gasteiger partial charge in [-0.15, -0.1) is 11.3 Å². The molecule has 0 amide bonds. The van der Waals surface area contributed by atoms with E-state index in [0.29, 0.717) is 12.5 Å². The Morgan fingerprint density at radius 2 is 2.05 bits per heavy atom. The highest BCUT2D eigenvalue weighted by atomic mass is 32.1. The van der Waals surface area contributed by atoms with E-state index in [4.69, 9.17) is 4.74 Å². The monoisotopic (exact) mass is 306 g/mol. The lowest BCUT2D eigenvalue weighted by Gasteiger charge is -2.13. The summed E-state index contributed by atoms with van der Waals surface area (Å²) in [6.07, 6.45) is 1.65. The number of nitrogens with one attached hydrogen (secondary N) is 1. The predicted octanol–water partition coefficient (Wildman–Crippen LogP) is 3.17. The smallest absolute Gasteiger partial charge is 0.221 e. The van der Waals surface area contributed by atoms with Gasteiger partial charge in [0.25, 0.3) is 0 Å². The quantitative estimate of drug-likeness (QED) is 0.851. The lowest BCUT2D eigenvalue weighted by molar-refractivity contribution is 0.306. The van der Waals surface area contributed by atoms with Crippen LogP contribution in [0.15, 0.2) is 5.51 Å². The number of thiazole rings is 1. The molecule has 2 aromatic heterocycles. The molecule has 0 saturated carbocycles. The minimum Gasteiger partial charge on any atom is -0.477 e. The molecular formula is C15H22N4OS. The summed E-state index contributed by atoms with van der Waals surface area (Å²) < 4.78 is 5.88. The van der Waals surface area contributed by atoms with Gasteiger partial charge in [-0.3, -0.25) is 0 Å². The van der Waals surface area contributed by atoms with Crippen LogP contribution in [0.25, 0.3) is 0 Å². The van der Waals surface area contributed by atoms with Gasteiger partial charge in [0, 0.05) is 24.3 Å². The Morgan fingerprint density at radius 1 is 1.24 bits per heavy atom. The van der Waals surface area contributed by atoms with Crippen LogP contribution >= 0.6 is 11.3 Å². The normalized spacial score (nSPS) is 10.7. The highest BCUT2D eigenvalue weighted by molar-refractivity contribution is 7.09. The van der Waals surface area contributed by atoms with E-state index in [-0.39, 0.29) is 0 Å². The Morgan fingerprint density at radius 3 is 2.67 bits per heavy atom. The first kappa shape index (κ1) is 15.7. The van der Waals surface area contributed by atoms with Gasteiger partial charge >= 0.3 is 0 Å². The van der Waals surface area contributed by atoms with E-state index in [0.717, 1.165) is 42.3 Å². The van der Waals surface area contributed by atoms with Crippen molar-refractivity contribution >= 4 is 17.2 Å². The number of hydrogen-bond acceptors (Lipinski definition) is 6. The first-order valence-corrected chi connectivity index (χ1v) is 8.16.